The minimum Gasteiger partial charge on any atom is -0.478 e. The van der Waals surface area contributed by atoms with Crippen LogP contribution < -0.4 is 24.4 Å². The molecule has 8 rings (SSSR count). The summed E-state index contributed by atoms with van der Waals surface area (Å²) in [5.74, 6) is 0.485. The lowest BCUT2D eigenvalue weighted by Gasteiger charge is -2.56. The van der Waals surface area contributed by atoms with Crippen LogP contribution in [0.1, 0.15) is 68.6 Å². The first-order valence-corrected chi connectivity index (χ1v) is 21.3. The second-order valence-corrected chi connectivity index (χ2v) is 17.8. The number of carbonyl (C=O) groups is 1. The third kappa shape index (κ3) is 8.36. The van der Waals surface area contributed by atoms with Crippen LogP contribution in [0, 0.1) is 27.4 Å². The average molecular weight is 803 g/mol. The predicted molar refractivity (Wildman–Crippen MR) is 214 cm³/mol. The summed E-state index contributed by atoms with van der Waals surface area (Å²) in [4.78, 5) is 41.3. The van der Waals surface area contributed by atoms with Crippen molar-refractivity contribution < 1.29 is 32.3 Å². The molecule has 1 aromatic carbocycles. The molecule has 4 fully saturated rings. The van der Waals surface area contributed by atoms with Crippen molar-refractivity contribution in [1.29, 1.82) is 0 Å². The number of amides is 1. The van der Waals surface area contributed by atoms with E-state index in [4.69, 9.17) is 14.2 Å². The van der Waals surface area contributed by atoms with E-state index in [0.29, 0.717) is 35.5 Å². The van der Waals surface area contributed by atoms with Crippen molar-refractivity contribution in [3.63, 3.8) is 0 Å². The second-order valence-electron chi connectivity index (χ2n) is 16.1. The molecule has 0 bridgehead atoms. The number of nitrogens with one attached hydrogen (secondary N) is 3. The highest BCUT2D eigenvalue weighted by Crippen LogP contribution is 2.51. The van der Waals surface area contributed by atoms with Gasteiger partial charge in [0.1, 0.15) is 16.3 Å². The van der Waals surface area contributed by atoms with Gasteiger partial charge in [0.2, 0.25) is 5.82 Å². The summed E-state index contributed by atoms with van der Waals surface area (Å²) in [5.41, 5.74) is 1.17. The summed E-state index contributed by atoms with van der Waals surface area (Å²) in [6.45, 7) is 7.95. The van der Waals surface area contributed by atoms with E-state index < -0.39 is 31.4 Å². The molecule has 3 N–H and O–H groups in total. The first-order valence-electron chi connectivity index (χ1n) is 19.9. The Labute approximate surface area is 331 Å². The molecule has 2 aliphatic heterocycles. The summed E-state index contributed by atoms with van der Waals surface area (Å²) in [6, 6.07) is 10.1. The zero-order valence-corrected chi connectivity index (χ0v) is 33.2. The summed E-state index contributed by atoms with van der Waals surface area (Å²) in [7, 11) is -3.15. The fourth-order valence-electron chi connectivity index (χ4n) is 8.92. The Kier molecular flexibility index (Phi) is 11.0. The molecular formula is C40H50N8O8S. The number of carbonyl (C=O) groups excluding carboxylic acids is 1. The Morgan fingerprint density at radius 1 is 1.05 bits per heavy atom. The Morgan fingerprint density at radius 2 is 1.81 bits per heavy atom. The number of H-pyrrole nitrogens is 1. The van der Waals surface area contributed by atoms with Gasteiger partial charge in [-0.1, -0.05) is 19.8 Å². The van der Waals surface area contributed by atoms with Crippen molar-refractivity contribution in [3.05, 3.63) is 64.5 Å². The van der Waals surface area contributed by atoms with Gasteiger partial charge in [-0.25, -0.2) is 18.1 Å². The van der Waals surface area contributed by atoms with E-state index in [-0.39, 0.29) is 28.8 Å². The van der Waals surface area contributed by atoms with E-state index in [0.717, 1.165) is 101 Å². The van der Waals surface area contributed by atoms with Gasteiger partial charge in [-0.2, -0.15) is 4.98 Å². The lowest BCUT2D eigenvalue weighted by molar-refractivity contribution is -0.384. The molecule has 0 atom stereocenters. The Bertz CT molecular complexity index is 2220. The largest absolute Gasteiger partial charge is 0.478 e. The molecule has 4 aromatic rings. The number of nitrogens with zero attached hydrogens (tertiary/aromatic N) is 5. The van der Waals surface area contributed by atoms with Crippen LogP contribution in [-0.4, -0.2) is 98.2 Å². The number of fused-ring (bicyclic) bond motifs is 1. The lowest BCUT2D eigenvalue weighted by atomic mass is 9.60. The molecule has 0 unspecified atom stereocenters. The van der Waals surface area contributed by atoms with E-state index in [1.807, 2.05) is 6.07 Å². The van der Waals surface area contributed by atoms with Crippen LogP contribution in [0.4, 0.5) is 17.2 Å². The molecule has 2 saturated heterocycles. The molecule has 57 heavy (non-hydrogen) atoms. The Morgan fingerprint density at radius 3 is 2.53 bits per heavy atom. The number of pyridine rings is 2. The van der Waals surface area contributed by atoms with Gasteiger partial charge in [-0.15, -0.1) is 0 Å². The maximum atomic E-state index is 13.9. The molecule has 0 radical (unpaired) electrons. The molecule has 1 amide bonds. The van der Waals surface area contributed by atoms with Crippen molar-refractivity contribution in [2.75, 3.05) is 63.3 Å². The Hall–Kier alpha value is -5.00. The third-order valence-electron chi connectivity index (χ3n) is 12.4. The number of ether oxygens (including phenoxy) is 3. The monoisotopic (exact) mass is 802 g/mol. The van der Waals surface area contributed by atoms with E-state index in [9.17, 15) is 23.3 Å². The first kappa shape index (κ1) is 38.9. The molecule has 1 spiro atoms. The molecule has 4 aliphatic rings. The van der Waals surface area contributed by atoms with Gasteiger partial charge in [0.15, 0.2) is 5.75 Å². The molecule has 5 heterocycles. The smallest absolute Gasteiger partial charge is 0.312 e. The molecule has 304 valence electrons. The lowest BCUT2D eigenvalue weighted by Crippen LogP contribution is -2.57. The summed E-state index contributed by atoms with van der Waals surface area (Å²) in [6.07, 6.45) is 11.4. The number of morpholine rings is 1. The van der Waals surface area contributed by atoms with Crippen LogP contribution in [0.15, 0.2) is 53.7 Å². The SMILES string of the molecule is COc1nc2[nH]ccc2cc1Oc1cc(N2CCC3(CC2)CC(N2CCOCC2)C3)ccc1C(=O)NS(=O)(=O)c1cnc(NCC2CCC(C)CC2)c([N+](=O)[O-])c1. The van der Waals surface area contributed by atoms with E-state index in [1.165, 1.54) is 26.0 Å². The summed E-state index contributed by atoms with van der Waals surface area (Å²) in [5, 5.41) is 15.9. The minimum absolute atomic E-state index is 0.0185. The standard InChI is InChI=1S/C40H50N8O8S/c1-26-3-5-27(6-4-26)24-42-37-33(48(50)51)21-31(25-43-37)57(52,53)45-38(49)32-8-7-29(20-34(32)56-35-19-28-9-12-41-36(28)44-39(35)54-2)46-13-10-40(11-14-46)22-30(23-40)47-15-17-55-18-16-47/h7-9,12,19-21,25-27,30H,3-6,10-11,13-18,22-24H2,1-2H3,(H,41,44)(H,42,43)(H,45,49). The van der Waals surface area contributed by atoms with Crippen molar-refractivity contribution in [2.24, 2.45) is 17.3 Å². The number of rotatable bonds is 12. The average Bonchev–Trinajstić information content (AvgIpc) is 3.67. The fraction of sp³-hybridized carbons (Fsp3) is 0.525. The van der Waals surface area contributed by atoms with Gasteiger partial charge >= 0.3 is 5.69 Å². The Balaban J connectivity index is 1.02. The number of hydrogen-bond donors (Lipinski definition) is 3. The highest BCUT2D eigenvalue weighted by molar-refractivity contribution is 7.90. The van der Waals surface area contributed by atoms with E-state index in [1.54, 1.807) is 24.4 Å². The minimum atomic E-state index is -4.61. The summed E-state index contributed by atoms with van der Waals surface area (Å²) >= 11 is 0. The number of piperidine rings is 1. The van der Waals surface area contributed by atoms with Crippen molar-refractivity contribution in [3.8, 4) is 17.4 Å². The third-order valence-corrected chi connectivity index (χ3v) is 13.7. The number of aromatic nitrogens is 3. The van der Waals surface area contributed by atoms with Crippen LogP contribution >= 0.6 is 0 Å². The van der Waals surface area contributed by atoms with Gasteiger partial charge in [0.25, 0.3) is 21.8 Å². The zero-order valence-electron chi connectivity index (χ0n) is 32.4. The first-order chi connectivity index (χ1) is 27.5. The van der Waals surface area contributed by atoms with Crippen molar-refractivity contribution in [1.82, 2.24) is 24.6 Å². The molecule has 2 aliphatic carbocycles. The number of hydrogen-bond acceptors (Lipinski definition) is 13. The number of methoxy groups -OCH3 is 1. The van der Waals surface area contributed by atoms with Crippen LogP contribution in [0.2, 0.25) is 0 Å². The number of nitro groups is 1. The predicted octanol–water partition coefficient (Wildman–Crippen LogP) is 6.11. The van der Waals surface area contributed by atoms with Crippen LogP contribution in [0.3, 0.4) is 0 Å². The topological polar surface area (TPSA) is 194 Å². The maximum Gasteiger partial charge on any atom is 0.312 e. The number of benzene rings is 1. The van der Waals surface area contributed by atoms with Gasteiger partial charge in [0, 0.05) is 68.2 Å². The number of anilines is 2. The van der Waals surface area contributed by atoms with Gasteiger partial charge in [-0.05, 0) is 80.0 Å². The van der Waals surface area contributed by atoms with E-state index in [2.05, 4.69) is 41.7 Å². The highest BCUT2D eigenvalue weighted by atomic mass is 32.2. The van der Waals surface area contributed by atoms with Crippen molar-refractivity contribution >= 4 is 44.2 Å². The van der Waals surface area contributed by atoms with Gasteiger partial charge in [0.05, 0.1) is 37.0 Å². The highest BCUT2D eigenvalue weighted by Gasteiger charge is 2.48. The number of sulfonamides is 1. The molecule has 17 heteroatoms. The fourth-order valence-corrected chi connectivity index (χ4v) is 9.85. The molecule has 16 nitrogen and oxygen atoms in total. The maximum absolute atomic E-state index is 13.9. The zero-order chi connectivity index (χ0) is 39.7. The van der Waals surface area contributed by atoms with Gasteiger partial charge in [-0.3, -0.25) is 19.8 Å². The quantitative estimate of drug-likeness (QED) is 0.110. The summed E-state index contributed by atoms with van der Waals surface area (Å²) < 4.78 is 46.9. The van der Waals surface area contributed by atoms with E-state index >= 15 is 0 Å². The van der Waals surface area contributed by atoms with Crippen LogP contribution in [-0.2, 0) is 14.8 Å². The number of aromatic amines is 1. The second kappa shape index (κ2) is 16.1. The molecule has 3 aromatic heterocycles. The normalized spacial score (nSPS) is 21.5. The molecule has 2 saturated carbocycles. The molecular weight excluding hydrogens is 753 g/mol. The van der Waals surface area contributed by atoms with Crippen molar-refractivity contribution in [2.45, 2.75) is 69.2 Å². The van der Waals surface area contributed by atoms with Gasteiger partial charge < -0.3 is 29.4 Å². The van der Waals surface area contributed by atoms with Crippen LogP contribution in [0.5, 0.6) is 17.4 Å². The van der Waals surface area contributed by atoms with Crippen LogP contribution in [0.25, 0.3) is 11.0 Å².